The number of rotatable bonds is 4. The highest BCUT2D eigenvalue weighted by atomic mass is 32.2. The van der Waals surface area contributed by atoms with E-state index in [1.807, 2.05) is 6.92 Å². The number of carbonyl (C=O) groups is 2. The number of benzene rings is 1. The maximum atomic E-state index is 12.8. The molecule has 2 aliphatic heterocycles. The van der Waals surface area contributed by atoms with Gasteiger partial charge in [-0.05, 0) is 44.0 Å². The number of morpholine rings is 1. The average molecular weight is 396 g/mol. The van der Waals surface area contributed by atoms with Crippen molar-refractivity contribution in [2.24, 2.45) is 0 Å². The molecule has 1 N–H and O–H groups in total. The van der Waals surface area contributed by atoms with Gasteiger partial charge in [-0.25, -0.2) is 13.2 Å². The quantitative estimate of drug-likeness (QED) is 0.819. The standard InChI is InChI=1S/C18H24N2O6S/c1-13-4-2-3-9-20(13)27(24,25)15-7-5-14(6-8-15)17(21)19-10-11-26-16(12-19)18(22)23/h5-8,13,16H,2-4,9-12H2,1H3,(H,22,23). The first kappa shape index (κ1) is 19.8. The first-order valence-corrected chi connectivity index (χ1v) is 10.5. The van der Waals surface area contributed by atoms with Crippen molar-refractivity contribution in [2.75, 3.05) is 26.2 Å². The molecule has 0 aliphatic carbocycles. The summed E-state index contributed by atoms with van der Waals surface area (Å²) in [5.74, 6) is -1.44. The number of hydrogen-bond donors (Lipinski definition) is 1. The van der Waals surface area contributed by atoms with E-state index in [0.717, 1.165) is 19.3 Å². The van der Waals surface area contributed by atoms with E-state index < -0.39 is 22.1 Å². The molecule has 1 aromatic rings. The second-order valence-corrected chi connectivity index (χ2v) is 8.82. The third kappa shape index (κ3) is 4.15. The molecule has 148 valence electrons. The zero-order chi connectivity index (χ0) is 19.6. The maximum absolute atomic E-state index is 12.8. The predicted molar refractivity (Wildman–Crippen MR) is 96.9 cm³/mol. The van der Waals surface area contributed by atoms with Gasteiger partial charge in [0.1, 0.15) is 0 Å². The van der Waals surface area contributed by atoms with Crippen molar-refractivity contribution >= 4 is 21.9 Å². The van der Waals surface area contributed by atoms with Gasteiger partial charge >= 0.3 is 5.97 Å². The highest BCUT2D eigenvalue weighted by molar-refractivity contribution is 7.89. The lowest BCUT2D eigenvalue weighted by Gasteiger charge is -2.32. The van der Waals surface area contributed by atoms with Gasteiger partial charge in [0.2, 0.25) is 10.0 Å². The van der Waals surface area contributed by atoms with Gasteiger partial charge in [0.25, 0.3) is 5.91 Å². The molecule has 0 spiro atoms. The summed E-state index contributed by atoms with van der Waals surface area (Å²) >= 11 is 0. The van der Waals surface area contributed by atoms with Crippen LogP contribution in [-0.4, -0.2) is 73.0 Å². The van der Waals surface area contributed by atoms with Crippen LogP contribution in [0.5, 0.6) is 0 Å². The molecule has 2 aliphatic rings. The Balaban J connectivity index is 1.75. The summed E-state index contributed by atoms with van der Waals surface area (Å²) in [5.41, 5.74) is 0.326. The number of ether oxygens (including phenoxy) is 1. The minimum atomic E-state index is -3.59. The molecule has 2 saturated heterocycles. The molecule has 0 radical (unpaired) electrons. The highest BCUT2D eigenvalue weighted by Crippen LogP contribution is 2.25. The second-order valence-electron chi connectivity index (χ2n) is 6.93. The lowest BCUT2D eigenvalue weighted by molar-refractivity contribution is -0.154. The molecule has 9 heteroatoms. The Hall–Kier alpha value is -1.97. The van der Waals surface area contributed by atoms with E-state index in [-0.39, 0.29) is 30.0 Å². The van der Waals surface area contributed by atoms with Gasteiger partial charge in [-0.2, -0.15) is 4.31 Å². The van der Waals surface area contributed by atoms with Crippen molar-refractivity contribution in [3.05, 3.63) is 29.8 Å². The summed E-state index contributed by atoms with van der Waals surface area (Å²) in [5, 5.41) is 9.05. The summed E-state index contributed by atoms with van der Waals surface area (Å²) in [6, 6.07) is 5.81. The van der Waals surface area contributed by atoms with Crippen LogP contribution in [-0.2, 0) is 19.6 Å². The van der Waals surface area contributed by atoms with E-state index in [1.165, 1.54) is 33.5 Å². The summed E-state index contributed by atoms with van der Waals surface area (Å²) < 4.78 is 32.3. The second kappa shape index (κ2) is 7.95. The number of carboxylic acid groups (broad SMARTS) is 1. The normalized spacial score (nSPS) is 24.6. The molecule has 27 heavy (non-hydrogen) atoms. The molecule has 0 aromatic heterocycles. The number of piperidine rings is 1. The molecule has 8 nitrogen and oxygen atoms in total. The van der Waals surface area contributed by atoms with E-state index >= 15 is 0 Å². The van der Waals surface area contributed by atoms with Crippen molar-refractivity contribution in [2.45, 2.75) is 43.2 Å². The molecule has 2 fully saturated rings. The zero-order valence-electron chi connectivity index (χ0n) is 15.2. The number of carboxylic acids is 1. The van der Waals surface area contributed by atoms with Gasteiger partial charge < -0.3 is 14.7 Å². The monoisotopic (exact) mass is 396 g/mol. The van der Waals surface area contributed by atoms with Gasteiger partial charge in [0, 0.05) is 24.7 Å². The smallest absolute Gasteiger partial charge is 0.334 e. The Morgan fingerprint density at radius 3 is 2.48 bits per heavy atom. The minimum absolute atomic E-state index is 0.0283. The lowest BCUT2D eigenvalue weighted by atomic mass is 10.1. The minimum Gasteiger partial charge on any atom is -0.479 e. The number of amides is 1. The number of nitrogens with zero attached hydrogens (tertiary/aromatic N) is 2. The molecular weight excluding hydrogens is 372 g/mol. The van der Waals surface area contributed by atoms with Crippen molar-refractivity contribution in [3.8, 4) is 0 Å². The molecule has 2 unspecified atom stereocenters. The Labute approximate surface area is 158 Å². The van der Waals surface area contributed by atoms with Crippen LogP contribution in [0.3, 0.4) is 0 Å². The zero-order valence-corrected chi connectivity index (χ0v) is 16.0. The predicted octanol–water partition coefficient (Wildman–Crippen LogP) is 1.18. The van der Waals surface area contributed by atoms with Gasteiger partial charge in [-0.1, -0.05) is 6.42 Å². The summed E-state index contributed by atoms with van der Waals surface area (Å²) in [4.78, 5) is 25.2. The fourth-order valence-corrected chi connectivity index (χ4v) is 5.20. The molecule has 2 atom stereocenters. The first-order chi connectivity index (χ1) is 12.8. The van der Waals surface area contributed by atoms with E-state index in [2.05, 4.69) is 0 Å². The Kier molecular flexibility index (Phi) is 5.83. The van der Waals surface area contributed by atoms with E-state index in [9.17, 15) is 18.0 Å². The first-order valence-electron chi connectivity index (χ1n) is 9.06. The van der Waals surface area contributed by atoms with Crippen LogP contribution >= 0.6 is 0 Å². The fourth-order valence-electron chi connectivity index (χ4n) is 3.50. The molecule has 2 heterocycles. The number of hydrogen-bond acceptors (Lipinski definition) is 5. The molecular formula is C18H24N2O6S. The number of sulfonamides is 1. The molecule has 0 saturated carbocycles. The van der Waals surface area contributed by atoms with Crippen LogP contribution in [0, 0.1) is 0 Å². The van der Waals surface area contributed by atoms with Gasteiger partial charge in [-0.15, -0.1) is 0 Å². The third-order valence-corrected chi connectivity index (χ3v) is 7.11. The number of carbonyl (C=O) groups excluding carboxylic acids is 1. The van der Waals surface area contributed by atoms with E-state index in [4.69, 9.17) is 9.84 Å². The summed E-state index contributed by atoms with van der Waals surface area (Å²) in [6.07, 6.45) is 1.68. The topological polar surface area (TPSA) is 104 Å². The Bertz CT molecular complexity index is 808. The summed E-state index contributed by atoms with van der Waals surface area (Å²) in [6.45, 7) is 2.84. The van der Waals surface area contributed by atoms with E-state index in [1.54, 1.807) is 0 Å². The maximum Gasteiger partial charge on any atom is 0.334 e. The molecule has 1 aromatic carbocycles. The van der Waals surface area contributed by atoms with Crippen LogP contribution in [0.2, 0.25) is 0 Å². The largest absolute Gasteiger partial charge is 0.479 e. The Morgan fingerprint density at radius 1 is 1.15 bits per heavy atom. The summed E-state index contributed by atoms with van der Waals surface area (Å²) in [7, 11) is -3.59. The Morgan fingerprint density at radius 2 is 1.85 bits per heavy atom. The van der Waals surface area contributed by atoms with Crippen LogP contribution in [0.4, 0.5) is 0 Å². The lowest BCUT2D eigenvalue weighted by Crippen LogP contribution is -2.48. The van der Waals surface area contributed by atoms with E-state index in [0.29, 0.717) is 18.7 Å². The molecule has 1 amide bonds. The molecule has 0 bridgehead atoms. The average Bonchev–Trinajstić information content (AvgIpc) is 2.68. The van der Waals surface area contributed by atoms with Gasteiger partial charge in [0.05, 0.1) is 18.0 Å². The van der Waals surface area contributed by atoms with Crippen LogP contribution in [0.1, 0.15) is 36.5 Å². The third-order valence-electron chi connectivity index (χ3n) is 5.08. The molecule has 3 rings (SSSR count). The van der Waals surface area contributed by atoms with Crippen molar-refractivity contribution in [3.63, 3.8) is 0 Å². The van der Waals surface area contributed by atoms with Crippen molar-refractivity contribution in [1.82, 2.24) is 9.21 Å². The van der Waals surface area contributed by atoms with Gasteiger partial charge in [-0.3, -0.25) is 4.79 Å². The van der Waals surface area contributed by atoms with Crippen molar-refractivity contribution < 1.29 is 27.9 Å². The van der Waals surface area contributed by atoms with Crippen molar-refractivity contribution in [1.29, 1.82) is 0 Å². The highest BCUT2D eigenvalue weighted by Gasteiger charge is 2.32. The SMILES string of the molecule is CC1CCCCN1S(=O)(=O)c1ccc(C(=O)N2CCOC(C(=O)O)C2)cc1. The van der Waals surface area contributed by atoms with Crippen LogP contribution < -0.4 is 0 Å². The van der Waals surface area contributed by atoms with Crippen LogP contribution in [0.15, 0.2) is 29.2 Å². The number of aliphatic carboxylic acids is 1. The van der Waals surface area contributed by atoms with Crippen LogP contribution in [0.25, 0.3) is 0 Å². The van der Waals surface area contributed by atoms with Gasteiger partial charge in [0.15, 0.2) is 6.10 Å². The fraction of sp³-hybridized carbons (Fsp3) is 0.556.